The number of hydrogen-bond acceptors (Lipinski definition) is 7. The molecule has 1 saturated carbocycles. The van der Waals surface area contributed by atoms with E-state index in [1.165, 1.54) is 0 Å². The number of aromatic nitrogens is 3. The molecule has 3 heterocycles. The Labute approximate surface area is 251 Å². The zero-order valence-corrected chi connectivity index (χ0v) is 24.8. The van der Waals surface area contributed by atoms with Crippen molar-refractivity contribution >= 4 is 29.1 Å². The molecule has 6 rings (SSSR count). The van der Waals surface area contributed by atoms with Crippen molar-refractivity contribution in [3.8, 4) is 11.6 Å². The van der Waals surface area contributed by atoms with E-state index in [4.69, 9.17) is 15.5 Å². The van der Waals surface area contributed by atoms with Crippen molar-refractivity contribution in [1.29, 1.82) is 0 Å². The first-order valence-corrected chi connectivity index (χ1v) is 14.8. The number of nitrogens with one attached hydrogen (secondary N) is 3. The van der Waals surface area contributed by atoms with E-state index in [1.807, 2.05) is 55.1 Å². The molecule has 222 valence electrons. The summed E-state index contributed by atoms with van der Waals surface area (Å²) in [6.45, 7) is 3.98. The van der Waals surface area contributed by atoms with Crippen LogP contribution in [-0.2, 0) is 12.8 Å². The van der Waals surface area contributed by atoms with E-state index in [9.17, 15) is 9.59 Å². The molecule has 0 atom stereocenters. The molecule has 10 heteroatoms. The van der Waals surface area contributed by atoms with Gasteiger partial charge in [0.15, 0.2) is 0 Å². The molecule has 4 aromatic rings. The molecule has 0 spiro atoms. The number of carbonyl (C=O) groups is 2. The molecule has 0 saturated heterocycles. The van der Waals surface area contributed by atoms with Crippen LogP contribution in [0.15, 0.2) is 54.9 Å². The fraction of sp³-hybridized carbons (Fsp3) is 0.333. The Morgan fingerprint density at radius 3 is 2.51 bits per heavy atom. The molecule has 10 nitrogen and oxygen atoms in total. The number of aryl methyl sites for hydroxylation is 3. The van der Waals surface area contributed by atoms with Crippen LogP contribution in [0.1, 0.15) is 75.2 Å². The summed E-state index contributed by atoms with van der Waals surface area (Å²) in [5, 5.41) is 9.35. The van der Waals surface area contributed by atoms with Gasteiger partial charge >= 0.3 is 0 Å². The number of carbonyl (C=O) groups excluding carboxylic acids is 2. The second kappa shape index (κ2) is 11.5. The molecular formula is C33H37N7O3. The van der Waals surface area contributed by atoms with Gasteiger partial charge in [-0.25, -0.2) is 4.98 Å². The zero-order chi connectivity index (χ0) is 30.1. The van der Waals surface area contributed by atoms with Gasteiger partial charge in [0, 0.05) is 34.9 Å². The van der Waals surface area contributed by atoms with Gasteiger partial charge in [0.05, 0.1) is 24.0 Å². The molecule has 0 radical (unpaired) electrons. The van der Waals surface area contributed by atoms with Crippen molar-refractivity contribution < 1.29 is 14.3 Å². The van der Waals surface area contributed by atoms with Crippen LogP contribution < -0.4 is 26.4 Å². The van der Waals surface area contributed by atoms with Crippen molar-refractivity contribution in [3.05, 3.63) is 88.4 Å². The minimum absolute atomic E-state index is 0.139. The Balaban J connectivity index is 1.22. The number of nitrogens with zero attached hydrogens (tertiary/aromatic N) is 3. The van der Waals surface area contributed by atoms with E-state index in [0.717, 1.165) is 72.4 Å². The molecule has 1 aliphatic carbocycles. The Bertz CT molecular complexity index is 1680. The van der Waals surface area contributed by atoms with Crippen molar-refractivity contribution in [1.82, 2.24) is 19.9 Å². The number of para-hydroxylation sites is 1. The van der Waals surface area contributed by atoms with E-state index < -0.39 is 5.66 Å². The van der Waals surface area contributed by atoms with Crippen molar-refractivity contribution in [2.75, 3.05) is 17.7 Å². The largest absolute Gasteiger partial charge is 0.495 e. The van der Waals surface area contributed by atoms with Gasteiger partial charge in [-0.3, -0.25) is 9.59 Å². The van der Waals surface area contributed by atoms with Crippen LogP contribution in [0, 0.1) is 13.8 Å². The van der Waals surface area contributed by atoms with Gasteiger partial charge in [-0.1, -0.05) is 24.6 Å². The standard InChI is InChI=1S/C33H37N7O3/c1-20-8-7-9-21(2)28(20)37-31(42)24-14-17-40-26(24)13-11-23-19-35-32(38-29(23)40)36-25-12-10-22(18-27(25)43-3)30(41)39-33(34)15-5-4-6-16-33/h7-10,12,14,17-19H,4-6,11,13,15-16,34H2,1-3H3,(H,37,42)(H,39,41)(H,35,36,38). The third-order valence-electron chi connectivity index (χ3n) is 8.48. The van der Waals surface area contributed by atoms with E-state index >= 15 is 0 Å². The van der Waals surface area contributed by atoms with Crippen LogP contribution >= 0.6 is 0 Å². The van der Waals surface area contributed by atoms with Gasteiger partial charge in [-0.15, -0.1) is 0 Å². The molecule has 0 bridgehead atoms. The molecule has 5 N–H and O–H groups in total. The summed E-state index contributed by atoms with van der Waals surface area (Å²) in [5.74, 6) is 1.22. The van der Waals surface area contributed by atoms with Crippen LogP contribution in [0.25, 0.3) is 5.82 Å². The maximum Gasteiger partial charge on any atom is 0.257 e. The van der Waals surface area contributed by atoms with Crippen LogP contribution in [0.3, 0.4) is 0 Å². The first kappa shape index (κ1) is 28.4. The molecule has 2 amide bonds. The molecule has 43 heavy (non-hydrogen) atoms. The lowest BCUT2D eigenvalue weighted by molar-refractivity contribution is 0.0873. The Hall–Kier alpha value is -4.70. The molecular weight excluding hydrogens is 542 g/mol. The van der Waals surface area contributed by atoms with Crippen LogP contribution in [0.4, 0.5) is 17.3 Å². The zero-order valence-electron chi connectivity index (χ0n) is 24.8. The SMILES string of the molecule is COc1cc(C(=O)NC2(N)CCCCC2)ccc1Nc1ncc2c(n1)-n1ccc(C(=O)Nc3c(C)cccc3C)c1CC2. The van der Waals surface area contributed by atoms with E-state index in [2.05, 4.69) is 20.9 Å². The van der Waals surface area contributed by atoms with Gasteiger partial charge in [0.25, 0.3) is 11.8 Å². The highest BCUT2D eigenvalue weighted by atomic mass is 16.5. The second-order valence-corrected chi connectivity index (χ2v) is 11.5. The third-order valence-corrected chi connectivity index (χ3v) is 8.48. The van der Waals surface area contributed by atoms with E-state index in [-0.39, 0.29) is 11.8 Å². The molecule has 1 aliphatic heterocycles. The number of nitrogens with two attached hydrogens (primary N) is 1. The predicted molar refractivity (Wildman–Crippen MR) is 166 cm³/mol. The summed E-state index contributed by atoms with van der Waals surface area (Å²) in [5.41, 5.74) is 12.3. The molecule has 2 aliphatic rings. The van der Waals surface area contributed by atoms with Gasteiger partial charge in [-0.05, 0) is 87.8 Å². The number of rotatable bonds is 7. The topological polar surface area (TPSA) is 136 Å². The number of fused-ring (bicyclic) bond motifs is 3. The normalized spacial score (nSPS) is 15.2. The fourth-order valence-corrected chi connectivity index (χ4v) is 6.08. The first-order valence-electron chi connectivity index (χ1n) is 14.8. The maximum absolute atomic E-state index is 13.3. The summed E-state index contributed by atoms with van der Waals surface area (Å²) in [6, 6.07) is 13.0. The summed E-state index contributed by atoms with van der Waals surface area (Å²) >= 11 is 0. The lowest BCUT2D eigenvalue weighted by Crippen LogP contribution is -2.56. The lowest BCUT2D eigenvalue weighted by Gasteiger charge is -2.34. The number of ether oxygens (including phenoxy) is 1. The quantitative estimate of drug-likeness (QED) is 0.217. The first-order chi connectivity index (χ1) is 20.7. The Kier molecular flexibility index (Phi) is 7.62. The van der Waals surface area contributed by atoms with Crippen molar-refractivity contribution in [2.45, 2.75) is 64.5 Å². The highest BCUT2D eigenvalue weighted by molar-refractivity contribution is 6.06. The number of anilines is 3. The molecule has 1 fully saturated rings. The average Bonchev–Trinajstić information content (AvgIpc) is 3.44. The highest BCUT2D eigenvalue weighted by Gasteiger charge is 2.30. The second-order valence-electron chi connectivity index (χ2n) is 11.5. The predicted octanol–water partition coefficient (Wildman–Crippen LogP) is 5.34. The monoisotopic (exact) mass is 579 g/mol. The fourth-order valence-electron chi connectivity index (χ4n) is 6.08. The summed E-state index contributed by atoms with van der Waals surface area (Å²) in [6.07, 6.45) is 9.82. The molecule has 2 aromatic heterocycles. The molecule has 0 unspecified atom stereocenters. The number of amides is 2. The van der Waals surface area contributed by atoms with Gasteiger partial charge in [0.1, 0.15) is 11.6 Å². The maximum atomic E-state index is 13.3. The van der Waals surface area contributed by atoms with Crippen molar-refractivity contribution in [3.63, 3.8) is 0 Å². The van der Waals surface area contributed by atoms with Crippen LogP contribution in [0.2, 0.25) is 0 Å². The third kappa shape index (κ3) is 5.70. The Morgan fingerprint density at radius 1 is 1.00 bits per heavy atom. The number of methoxy groups -OCH3 is 1. The van der Waals surface area contributed by atoms with Crippen molar-refractivity contribution in [2.24, 2.45) is 5.73 Å². The minimum Gasteiger partial charge on any atom is -0.495 e. The smallest absolute Gasteiger partial charge is 0.257 e. The van der Waals surface area contributed by atoms with Gasteiger partial charge < -0.3 is 31.0 Å². The van der Waals surface area contributed by atoms with Gasteiger partial charge in [-0.2, -0.15) is 4.98 Å². The van der Waals surface area contributed by atoms with Gasteiger partial charge in [0.2, 0.25) is 5.95 Å². The van der Waals surface area contributed by atoms with E-state index in [1.54, 1.807) is 25.3 Å². The number of hydrogen-bond donors (Lipinski definition) is 4. The van der Waals surface area contributed by atoms with Crippen LogP contribution in [0.5, 0.6) is 5.75 Å². The summed E-state index contributed by atoms with van der Waals surface area (Å²) < 4.78 is 7.57. The van der Waals surface area contributed by atoms with E-state index in [0.29, 0.717) is 34.9 Å². The Morgan fingerprint density at radius 2 is 1.77 bits per heavy atom. The average molecular weight is 580 g/mol. The molecule has 2 aromatic carbocycles. The number of benzene rings is 2. The lowest BCUT2D eigenvalue weighted by atomic mass is 9.89. The highest BCUT2D eigenvalue weighted by Crippen LogP contribution is 2.32. The summed E-state index contributed by atoms with van der Waals surface area (Å²) in [4.78, 5) is 35.7. The van der Waals surface area contributed by atoms with Crippen LogP contribution in [-0.4, -0.2) is 39.1 Å². The summed E-state index contributed by atoms with van der Waals surface area (Å²) in [7, 11) is 1.55. The minimum atomic E-state index is -0.673.